The van der Waals surface area contributed by atoms with Gasteiger partial charge in [0.25, 0.3) is 0 Å². The number of benzene rings is 2. The van der Waals surface area contributed by atoms with Crippen molar-refractivity contribution in [1.82, 2.24) is 4.90 Å². The molecule has 2 aromatic carbocycles. The highest BCUT2D eigenvalue weighted by Gasteiger charge is 2.30. The maximum atomic E-state index is 13.0. The summed E-state index contributed by atoms with van der Waals surface area (Å²) in [7, 11) is 3.22. The molecule has 1 atom stereocenters. The lowest BCUT2D eigenvalue weighted by Crippen LogP contribution is -2.30. The number of carbonyl (C=O) groups excluding carboxylic acids is 1. The zero-order valence-corrected chi connectivity index (χ0v) is 15.2. The van der Waals surface area contributed by atoms with Crippen molar-refractivity contribution in [2.45, 2.75) is 31.7 Å². The Morgan fingerprint density at radius 3 is 2.54 bits per heavy atom. The largest absolute Gasteiger partial charge is 0.493 e. The fraction of sp³-hybridized carbons (Fsp3) is 0.381. The minimum atomic E-state index is -0.256. The molecule has 138 valence electrons. The van der Waals surface area contributed by atoms with Gasteiger partial charge in [-0.1, -0.05) is 18.2 Å². The lowest BCUT2D eigenvalue weighted by Gasteiger charge is -2.26. The topological polar surface area (TPSA) is 38.8 Å². The minimum Gasteiger partial charge on any atom is -0.493 e. The van der Waals surface area contributed by atoms with E-state index in [4.69, 9.17) is 9.47 Å². The van der Waals surface area contributed by atoms with Gasteiger partial charge in [-0.15, -0.1) is 0 Å². The Morgan fingerprint density at radius 1 is 1.12 bits per heavy atom. The zero-order chi connectivity index (χ0) is 18.5. The molecule has 1 aliphatic rings. The molecule has 0 aliphatic carbocycles. The van der Waals surface area contributed by atoms with E-state index in [9.17, 15) is 9.18 Å². The van der Waals surface area contributed by atoms with Crippen molar-refractivity contribution < 1.29 is 18.7 Å². The number of likely N-dealkylation sites (tertiary alicyclic amines) is 1. The molecular weight excluding hydrogens is 333 g/mol. The predicted octanol–water partition coefficient (Wildman–Crippen LogP) is 4.14. The lowest BCUT2D eigenvalue weighted by molar-refractivity contribution is -0.132. The number of halogens is 1. The lowest BCUT2D eigenvalue weighted by atomic mass is 10.0. The van der Waals surface area contributed by atoms with Crippen molar-refractivity contribution in [3.8, 4) is 11.5 Å². The second kappa shape index (κ2) is 8.21. The van der Waals surface area contributed by atoms with E-state index in [1.807, 2.05) is 23.1 Å². The molecule has 1 saturated heterocycles. The Morgan fingerprint density at radius 2 is 1.85 bits per heavy atom. The molecule has 0 N–H and O–H groups in total. The second-order valence-corrected chi connectivity index (χ2v) is 6.49. The number of rotatable bonds is 6. The van der Waals surface area contributed by atoms with Crippen LogP contribution < -0.4 is 9.47 Å². The normalized spacial score (nSPS) is 16.6. The molecule has 1 unspecified atom stereocenters. The Kier molecular flexibility index (Phi) is 5.76. The number of aryl methyl sites for hydroxylation is 1. The van der Waals surface area contributed by atoms with Crippen molar-refractivity contribution in [2.24, 2.45) is 0 Å². The quantitative estimate of drug-likeness (QED) is 0.780. The first-order valence-corrected chi connectivity index (χ1v) is 8.88. The molecule has 1 amide bonds. The molecule has 4 nitrogen and oxygen atoms in total. The van der Waals surface area contributed by atoms with Gasteiger partial charge in [-0.2, -0.15) is 0 Å². The fourth-order valence-corrected chi connectivity index (χ4v) is 3.52. The first kappa shape index (κ1) is 18.2. The van der Waals surface area contributed by atoms with Crippen molar-refractivity contribution in [1.29, 1.82) is 0 Å². The summed E-state index contributed by atoms with van der Waals surface area (Å²) in [5.41, 5.74) is 2.04. The highest BCUT2D eigenvalue weighted by atomic mass is 19.1. The van der Waals surface area contributed by atoms with Crippen molar-refractivity contribution in [2.75, 3.05) is 20.8 Å². The van der Waals surface area contributed by atoms with Gasteiger partial charge >= 0.3 is 0 Å². The van der Waals surface area contributed by atoms with Crippen molar-refractivity contribution in [3.63, 3.8) is 0 Å². The Bertz CT molecular complexity index is 760. The molecule has 26 heavy (non-hydrogen) atoms. The number of hydrogen-bond acceptors (Lipinski definition) is 3. The van der Waals surface area contributed by atoms with Gasteiger partial charge in [0, 0.05) is 13.0 Å². The summed E-state index contributed by atoms with van der Waals surface area (Å²) in [4.78, 5) is 14.7. The number of hydrogen-bond donors (Lipinski definition) is 0. The molecule has 1 fully saturated rings. The molecule has 1 heterocycles. The Labute approximate surface area is 153 Å². The third kappa shape index (κ3) is 3.98. The maximum Gasteiger partial charge on any atom is 0.223 e. The summed E-state index contributed by atoms with van der Waals surface area (Å²) >= 11 is 0. The van der Waals surface area contributed by atoms with Crippen LogP contribution in [0.2, 0.25) is 0 Å². The minimum absolute atomic E-state index is 0.0653. The summed E-state index contributed by atoms with van der Waals surface area (Å²) in [5, 5.41) is 0. The van der Waals surface area contributed by atoms with Gasteiger partial charge in [-0.3, -0.25) is 4.79 Å². The SMILES string of the molecule is COc1ccc(C2CCCN2C(=O)CCc2ccc(F)cc2)cc1OC. The highest BCUT2D eigenvalue weighted by Crippen LogP contribution is 2.37. The number of carbonyl (C=O) groups is 1. The van der Waals surface area contributed by atoms with Crippen LogP contribution in [-0.2, 0) is 11.2 Å². The van der Waals surface area contributed by atoms with Gasteiger partial charge < -0.3 is 14.4 Å². The van der Waals surface area contributed by atoms with E-state index < -0.39 is 0 Å². The standard InChI is InChI=1S/C21H24FNO3/c1-25-19-11-8-16(14-20(19)26-2)18-4-3-13-23(18)21(24)12-7-15-5-9-17(22)10-6-15/h5-6,8-11,14,18H,3-4,7,12-13H2,1-2H3. The monoisotopic (exact) mass is 357 g/mol. The Hall–Kier alpha value is -2.56. The van der Waals surface area contributed by atoms with Crippen LogP contribution in [0.3, 0.4) is 0 Å². The summed E-state index contributed by atoms with van der Waals surface area (Å²) in [6.07, 6.45) is 2.97. The van der Waals surface area contributed by atoms with E-state index in [-0.39, 0.29) is 17.8 Å². The van der Waals surface area contributed by atoms with Crippen LogP contribution in [0.15, 0.2) is 42.5 Å². The van der Waals surface area contributed by atoms with Gasteiger partial charge in [0.1, 0.15) is 5.82 Å². The predicted molar refractivity (Wildman–Crippen MR) is 98.0 cm³/mol. The molecule has 3 rings (SSSR count). The molecule has 0 radical (unpaired) electrons. The van der Waals surface area contributed by atoms with E-state index in [0.717, 1.165) is 30.5 Å². The summed E-state index contributed by atoms with van der Waals surface area (Å²) in [6, 6.07) is 12.2. The number of amides is 1. The van der Waals surface area contributed by atoms with Crippen LogP contribution in [0, 0.1) is 5.82 Å². The van der Waals surface area contributed by atoms with E-state index in [2.05, 4.69) is 0 Å². The summed E-state index contributed by atoms with van der Waals surface area (Å²) in [5.74, 6) is 1.23. The maximum absolute atomic E-state index is 13.0. The van der Waals surface area contributed by atoms with Gasteiger partial charge in [0.15, 0.2) is 11.5 Å². The van der Waals surface area contributed by atoms with E-state index in [1.165, 1.54) is 12.1 Å². The van der Waals surface area contributed by atoms with Crippen LogP contribution in [0.5, 0.6) is 11.5 Å². The second-order valence-electron chi connectivity index (χ2n) is 6.49. The summed E-state index contributed by atoms with van der Waals surface area (Å²) in [6.45, 7) is 0.765. The fourth-order valence-electron chi connectivity index (χ4n) is 3.52. The van der Waals surface area contributed by atoms with Crippen LogP contribution in [0.1, 0.15) is 36.4 Å². The average Bonchev–Trinajstić information content (AvgIpc) is 3.16. The molecule has 5 heteroatoms. The third-order valence-corrected chi connectivity index (χ3v) is 4.91. The molecule has 0 aromatic heterocycles. The summed E-state index contributed by atoms with van der Waals surface area (Å²) < 4.78 is 23.7. The van der Waals surface area contributed by atoms with Crippen molar-refractivity contribution >= 4 is 5.91 Å². The first-order chi connectivity index (χ1) is 12.6. The highest BCUT2D eigenvalue weighted by molar-refractivity contribution is 5.77. The average molecular weight is 357 g/mol. The van der Waals surface area contributed by atoms with E-state index >= 15 is 0 Å². The Balaban J connectivity index is 1.69. The van der Waals surface area contributed by atoms with E-state index in [1.54, 1.807) is 26.4 Å². The van der Waals surface area contributed by atoms with Crippen LogP contribution >= 0.6 is 0 Å². The van der Waals surface area contributed by atoms with Crippen LogP contribution in [0.25, 0.3) is 0 Å². The van der Waals surface area contributed by atoms with Gasteiger partial charge in [0.05, 0.1) is 20.3 Å². The number of nitrogens with zero attached hydrogens (tertiary/aromatic N) is 1. The molecule has 1 aliphatic heterocycles. The third-order valence-electron chi connectivity index (χ3n) is 4.91. The molecule has 0 spiro atoms. The van der Waals surface area contributed by atoms with Crippen LogP contribution in [-0.4, -0.2) is 31.6 Å². The molecule has 0 bridgehead atoms. The van der Waals surface area contributed by atoms with Gasteiger partial charge in [-0.05, 0) is 54.7 Å². The number of methoxy groups -OCH3 is 2. The van der Waals surface area contributed by atoms with Crippen LogP contribution in [0.4, 0.5) is 4.39 Å². The van der Waals surface area contributed by atoms with Gasteiger partial charge in [-0.25, -0.2) is 4.39 Å². The smallest absolute Gasteiger partial charge is 0.223 e. The van der Waals surface area contributed by atoms with E-state index in [0.29, 0.717) is 24.3 Å². The molecular formula is C21H24FNO3. The molecule has 2 aromatic rings. The van der Waals surface area contributed by atoms with Gasteiger partial charge in [0.2, 0.25) is 5.91 Å². The van der Waals surface area contributed by atoms with Crippen molar-refractivity contribution in [3.05, 3.63) is 59.4 Å². The first-order valence-electron chi connectivity index (χ1n) is 8.88. The number of ether oxygens (including phenoxy) is 2. The molecule has 0 saturated carbocycles. The zero-order valence-electron chi connectivity index (χ0n) is 15.2.